The molecule has 0 heterocycles. The zero-order valence-electron chi connectivity index (χ0n) is 18.7. The van der Waals surface area contributed by atoms with Crippen molar-refractivity contribution in [3.05, 3.63) is 96.1 Å². The van der Waals surface area contributed by atoms with Crippen molar-refractivity contribution in [3.63, 3.8) is 0 Å². The summed E-state index contributed by atoms with van der Waals surface area (Å²) in [6.45, 7) is 3.71. The summed E-state index contributed by atoms with van der Waals surface area (Å²) >= 11 is 19.3. The molecule has 0 unspecified atom stereocenters. The molecule has 0 radical (unpaired) electrons. The fraction of sp³-hybridized carbons (Fsp3) is 0.231. The Balaban J connectivity index is 1.41. The minimum Gasteiger partial charge on any atom is -0.492 e. The van der Waals surface area contributed by atoms with Crippen LogP contribution in [0.3, 0.4) is 0 Å². The molecule has 3 aromatic carbocycles. The number of rotatable bonds is 12. The Morgan fingerprint density at radius 2 is 0.941 bits per heavy atom. The van der Waals surface area contributed by atoms with Crippen molar-refractivity contribution in [2.45, 2.75) is 13.1 Å². The summed E-state index contributed by atoms with van der Waals surface area (Å²) in [6, 6.07) is 28.0. The van der Waals surface area contributed by atoms with Crippen molar-refractivity contribution < 1.29 is 9.47 Å². The molecule has 8 heteroatoms. The van der Waals surface area contributed by atoms with Crippen molar-refractivity contribution in [1.82, 2.24) is 9.80 Å². The van der Waals surface area contributed by atoms with Gasteiger partial charge in [0.25, 0.3) is 0 Å². The maximum Gasteiger partial charge on any atom is 0.133 e. The Kier molecular flexibility index (Phi) is 11.0. The van der Waals surface area contributed by atoms with Gasteiger partial charge in [0.05, 0.1) is 13.1 Å². The number of thiocarbonyl (C=S) groups is 2. The molecular formula is C26H28N2O2S4. The smallest absolute Gasteiger partial charge is 0.133 e. The molecule has 0 aromatic heterocycles. The first kappa shape index (κ1) is 26.3. The topological polar surface area (TPSA) is 24.9 Å². The van der Waals surface area contributed by atoms with Gasteiger partial charge in [-0.05, 0) is 35.4 Å². The minimum atomic E-state index is 0.502. The van der Waals surface area contributed by atoms with Crippen LogP contribution in [-0.4, -0.2) is 44.7 Å². The average molecular weight is 529 g/mol. The number of thiol groups is 2. The highest BCUT2D eigenvalue weighted by atomic mass is 32.1. The molecule has 3 rings (SSSR count). The molecule has 0 saturated heterocycles. The summed E-state index contributed by atoms with van der Waals surface area (Å²) < 4.78 is 12.9. The lowest BCUT2D eigenvalue weighted by molar-refractivity contribution is 0.263. The van der Waals surface area contributed by atoms with E-state index in [0.717, 1.165) is 11.5 Å². The lowest BCUT2D eigenvalue weighted by Crippen LogP contribution is -2.30. The molecule has 0 aliphatic carbocycles. The lowest BCUT2D eigenvalue weighted by Gasteiger charge is -2.23. The van der Waals surface area contributed by atoms with Gasteiger partial charge in [-0.3, -0.25) is 0 Å². The van der Waals surface area contributed by atoms with E-state index in [9.17, 15) is 0 Å². The molecule has 0 amide bonds. The van der Waals surface area contributed by atoms with Crippen LogP contribution in [0.25, 0.3) is 0 Å². The van der Waals surface area contributed by atoms with Gasteiger partial charge in [0.2, 0.25) is 0 Å². The Hall–Kier alpha value is -2.26. The maximum absolute atomic E-state index is 5.89. The van der Waals surface area contributed by atoms with Crippen LogP contribution in [0.15, 0.2) is 84.9 Å². The molecule has 0 aliphatic rings. The number of benzene rings is 3. The number of ether oxygens (including phenoxy) is 2. The van der Waals surface area contributed by atoms with E-state index < -0.39 is 0 Å². The van der Waals surface area contributed by atoms with E-state index >= 15 is 0 Å². The van der Waals surface area contributed by atoms with E-state index in [1.54, 1.807) is 0 Å². The molecule has 0 fully saturated rings. The van der Waals surface area contributed by atoms with Gasteiger partial charge in [0.1, 0.15) is 33.4 Å². The fourth-order valence-corrected chi connectivity index (χ4v) is 3.92. The number of nitrogens with zero attached hydrogens (tertiary/aromatic N) is 2. The Morgan fingerprint density at radius 3 is 1.26 bits per heavy atom. The molecule has 3 aromatic rings. The van der Waals surface area contributed by atoms with Gasteiger partial charge in [0.15, 0.2) is 0 Å². The molecular weight excluding hydrogens is 501 g/mol. The molecule has 0 saturated carbocycles. The van der Waals surface area contributed by atoms with Crippen LogP contribution >= 0.6 is 49.7 Å². The van der Waals surface area contributed by atoms with Gasteiger partial charge in [-0.1, -0.05) is 85.1 Å². The van der Waals surface area contributed by atoms with Crippen molar-refractivity contribution in [2.75, 3.05) is 26.3 Å². The first-order chi connectivity index (χ1) is 16.5. The molecule has 4 nitrogen and oxygen atoms in total. The average Bonchev–Trinajstić information content (AvgIpc) is 2.85. The molecule has 0 aliphatic heterocycles. The fourth-order valence-electron chi connectivity index (χ4n) is 3.27. The van der Waals surface area contributed by atoms with Crippen LogP contribution in [0.4, 0.5) is 0 Å². The van der Waals surface area contributed by atoms with Crippen LogP contribution in [0.2, 0.25) is 0 Å². The summed E-state index contributed by atoms with van der Waals surface area (Å²) in [4.78, 5) is 4.02. The first-order valence-corrected chi connectivity index (χ1v) is 12.6. The predicted molar refractivity (Wildman–Crippen MR) is 154 cm³/mol. The van der Waals surface area contributed by atoms with Crippen molar-refractivity contribution in [3.8, 4) is 11.5 Å². The van der Waals surface area contributed by atoms with Gasteiger partial charge in [-0.2, -0.15) is 0 Å². The first-order valence-electron chi connectivity index (χ1n) is 10.9. The zero-order valence-corrected chi connectivity index (χ0v) is 22.2. The van der Waals surface area contributed by atoms with Crippen molar-refractivity contribution in [1.29, 1.82) is 0 Å². The van der Waals surface area contributed by atoms with Gasteiger partial charge < -0.3 is 19.3 Å². The van der Waals surface area contributed by atoms with Crippen LogP contribution in [0, 0.1) is 0 Å². The second kappa shape index (κ2) is 14.2. The van der Waals surface area contributed by atoms with Crippen LogP contribution in [0.5, 0.6) is 11.5 Å². The third kappa shape index (κ3) is 9.18. The molecule has 0 bridgehead atoms. The van der Waals surface area contributed by atoms with Gasteiger partial charge in [-0.15, -0.1) is 25.3 Å². The van der Waals surface area contributed by atoms with E-state index in [1.165, 1.54) is 11.1 Å². The van der Waals surface area contributed by atoms with Gasteiger partial charge >= 0.3 is 0 Å². The van der Waals surface area contributed by atoms with E-state index in [0.29, 0.717) is 48.0 Å². The highest BCUT2D eigenvalue weighted by molar-refractivity contribution is 8.11. The predicted octanol–water partition coefficient (Wildman–Crippen LogP) is 5.88. The minimum absolute atomic E-state index is 0.502. The van der Waals surface area contributed by atoms with E-state index in [-0.39, 0.29) is 0 Å². The second-order valence-electron chi connectivity index (χ2n) is 7.55. The molecule has 178 valence electrons. The summed E-state index contributed by atoms with van der Waals surface area (Å²) in [6.07, 6.45) is 0. The number of hydrogen-bond donors (Lipinski definition) is 2. The normalized spacial score (nSPS) is 10.4. The number of hydrogen-bond acceptors (Lipinski definition) is 4. The van der Waals surface area contributed by atoms with Gasteiger partial charge in [0, 0.05) is 13.1 Å². The molecule has 0 atom stereocenters. The lowest BCUT2D eigenvalue weighted by atomic mass is 10.2. The molecule has 0 spiro atoms. The third-order valence-corrected chi connectivity index (χ3v) is 6.14. The van der Waals surface area contributed by atoms with Crippen LogP contribution in [0.1, 0.15) is 11.1 Å². The van der Waals surface area contributed by atoms with Crippen molar-refractivity contribution >= 4 is 58.3 Å². The standard InChI is InChI=1S/C26H28N2O2S4/c31-25(32)27(19-21-7-3-1-4-8-21)15-17-29-23-11-13-24(14-12-23)30-18-16-28(26(33)34)20-22-9-5-2-6-10-22/h1-14H,15-20H2,(H,31,32)(H,33,34). The summed E-state index contributed by atoms with van der Waals surface area (Å²) in [5.74, 6) is 1.55. The quantitative estimate of drug-likeness (QED) is 0.225. The van der Waals surface area contributed by atoms with Gasteiger partial charge in [-0.25, -0.2) is 0 Å². The van der Waals surface area contributed by atoms with E-state index in [1.807, 2.05) is 70.5 Å². The Bertz CT molecular complexity index is 949. The highest BCUT2D eigenvalue weighted by Crippen LogP contribution is 2.18. The van der Waals surface area contributed by atoms with E-state index in [2.05, 4.69) is 49.5 Å². The zero-order chi connectivity index (χ0) is 24.2. The monoisotopic (exact) mass is 528 g/mol. The summed E-state index contributed by atoms with van der Waals surface area (Å²) in [5.41, 5.74) is 2.36. The Morgan fingerprint density at radius 1 is 0.588 bits per heavy atom. The Labute approximate surface area is 223 Å². The third-order valence-electron chi connectivity index (χ3n) is 5.06. The maximum atomic E-state index is 5.89. The van der Waals surface area contributed by atoms with E-state index in [4.69, 9.17) is 33.9 Å². The second-order valence-corrected chi connectivity index (χ2v) is 9.77. The summed E-state index contributed by atoms with van der Waals surface area (Å²) in [5, 5.41) is 0. The van der Waals surface area contributed by atoms with Crippen molar-refractivity contribution in [2.24, 2.45) is 0 Å². The SMILES string of the molecule is S=C(S)N(CCOc1ccc(OCCN(Cc2ccccc2)C(=S)S)cc1)Cc1ccccc1. The summed E-state index contributed by atoms with van der Waals surface area (Å²) in [7, 11) is 0. The molecule has 34 heavy (non-hydrogen) atoms. The molecule has 0 N–H and O–H groups in total. The largest absolute Gasteiger partial charge is 0.492 e. The van der Waals surface area contributed by atoms with Crippen LogP contribution < -0.4 is 9.47 Å². The van der Waals surface area contributed by atoms with Crippen LogP contribution in [-0.2, 0) is 13.1 Å². The highest BCUT2D eigenvalue weighted by Gasteiger charge is 2.09.